The van der Waals surface area contributed by atoms with Crippen LogP contribution in [0.5, 0.6) is 0 Å². The van der Waals surface area contributed by atoms with Gasteiger partial charge in [-0.1, -0.05) is 58.0 Å². The van der Waals surface area contributed by atoms with Gasteiger partial charge in [-0.15, -0.1) is 0 Å². The minimum absolute atomic E-state index is 0.0416. The Morgan fingerprint density at radius 1 is 1.12 bits per heavy atom. The molecule has 34 heavy (non-hydrogen) atoms. The van der Waals surface area contributed by atoms with Crippen LogP contribution in [0.15, 0.2) is 48.5 Å². The number of amides is 1. The molecular weight excluding hydrogens is 446 g/mol. The van der Waals surface area contributed by atoms with E-state index in [1.165, 1.54) is 11.1 Å². The number of anilines is 1. The van der Waals surface area contributed by atoms with Gasteiger partial charge in [0.1, 0.15) is 0 Å². The first-order chi connectivity index (χ1) is 16.0. The number of carbonyl (C=O) groups is 1. The van der Waals surface area contributed by atoms with Crippen molar-refractivity contribution in [3.63, 3.8) is 0 Å². The molecular formula is C27H37N3O3S. The Morgan fingerprint density at radius 2 is 1.79 bits per heavy atom. The first-order valence-corrected chi connectivity index (χ1v) is 14.0. The van der Waals surface area contributed by atoms with Gasteiger partial charge in [-0.2, -0.15) is 0 Å². The fourth-order valence-corrected chi connectivity index (χ4v) is 6.42. The minimum Gasteiger partial charge on any atom is -0.381 e. The molecule has 2 aromatic carbocycles. The number of fused-ring (bicyclic) bond motifs is 1. The lowest BCUT2D eigenvalue weighted by Crippen LogP contribution is -2.47. The molecule has 0 radical (unpaired) electrons. The molecule has 2 heterocycles. The fraction of sp³-hybridized carbons (Fsp3) is 0.519. The van der Waals surface area contributed by atoms with Crippen molar-refractivity contribution < 1.29 is 13.2 Å². The molecule has 2 aromatic rings. The largest absolute Gasteiger partial charge is 0.381 e. The monoisotopic (exact) mass is 483 g/mol. The quantitative estimate of drug-likeness (QED) is 0.657. The molecule has 4 rings (SSSR count). The van der Waals surface area contributed by atoms with Crippen LogP contribution in [0.25, 0.3) is 0 Å². The maximum atomic E-state index is 12.8. The number of carbonyl (C=O) groups excluding carboxylic acids is 1. The molecule has 1 fully saturated rings. The van der Waals surface area contributed by atoms with E-state index in [2.05, 4.69) is 73.6 Å². The van der Waals surface area contributed by atoms with E-state index in [-0.39, 0.29) is 34.3 Å². The third-order valence-electron chi connectivity index (χ3n) is 7.59. The van der Waals surface area contributed by atoms with Gasteiger partial charge in [-0.25, -0.2) is 8.42 Å². The van der Waals surface area contributed by atoms with Crippen molar-refractivity contribution in [1.82, 2.24) is 10.2 Å². The summed E-state index contributed by atoms with van der Waals surface area (Å²) in [7, 11) is -2.88. The van der Waals surface area contributed by atoms with Crippen molar-refractivity contribution in [1.29, 1.82) is 0 Å². The van der Waals surface area contributed by atoms with Gasteiger partial charge in [-0.3, -0.25) is 9.69 Å². The van der Waals surface area contributed by atoms with Crippen LogP contribution in [0.2, 0.25) is 0 Å². The molecule has 0 aromatic heterocycles. The van der Waals surface area contributed by atoms with Gasteiger partial charge in [-0.05, 0) is 41.2 Å². The Bertz CT molecular complexity index is 1130. The summed E-state index contributed by atoms with van der Waals surface area (Å²) in [6.45, 7) is 11.3. The first kappa shape index (κ1) is 24.7. The van der Waals surface area contributed by atoms with E-state index in [0.29, 0.717) is 31.7 Å². The molecule has 0 bridgehead atoms. The Labute approximate surface area is 204 Å². The Balaban J connectivity index is 1.42. The third kappa shape index (κ3) is 5.31. The highest BCUT2D eigenvalue weighted by molar-refractivity contribution is 7.91. The molecule has 0 aliphatic carbocycles. The smallest absolute Gasteiger partial charge is 0.251 e. The topological polar surface area (TPSA) is 78.5 Å². The number of sulfone groups is 1. The van der Waals surface area contributed by atoms with Gasteiger partial charge in [0.25, 0.3) is 5.91 Å². The lowest BCUT2D eigenvalue weighted by Gasteiger charge is -2.46. The molecule has 0 saturated carbocycles. The molecule has 6 nitrogen and oxygen atoms in total. The van der Waals surface area contributed by atoms with Crippen molar-refractivity contribution in [3.8, 4) is 0 Å². The number of rotatable bonds is 6. The van der Waals surface area contributed by atoms with Gasteiger partial charge in [0.2, 0.25) is 0 Å². The summed E-state index contributed by atoms with van der Waals surface area (Å²) in [6, 6.07) is 16.9. The summed E-state index contributed by atoms with van der Waals surface area (Å²) in [5, 5.41) is 6.77. The third-order valence-corrected chi connectivity index (χ3v) is 9.20. The normalized spacial score (nSPS) is 21.8. The zero-order valence-electron chi connectivity index (χ0n) is 20.7. The zero-order chi connectivity index (χ0) is 24.6. The van der Waals surface area contributed by atoms with Crippen molar-refractivity contribution in [2.45, 2.75) is 51.0 Å². The van der Waals surface area contributed by atoms with E-state index >= 15 is 0 Å². The maximum Gasteiger partial charge on any atom is 0.251 e. The highest BCUT2D eigenvalue weighted by Crippen LogP contribution is 2.44. The molecule has 2 aliphatic rings. The van der Waals surface area contributed by atoms with Crippen molar-refractivity contribution in [2.24, 2.45) is 0 Å². The SMILES string of the molecule is CC1(C)CC(C(C)(C)c2ccccc2)Nc2ccc(C(=O)NCCN3CCS(=O)(=O)CC3)cc21. The number of benzene rings is 2. The van der Waals surface area contributed by atoms with Crippen LogP contribution in [0.1, 0.15) is 55.6 Å². The molecule has 184 valence electrons. The van der Waals surface area contributed by atoms with Crippen LogP contribution in [-0.2, 0) is 20.7 Å². The number of nitrogens with one attached hydrogen (secondary N) is 2. The van der Waals surface area contributed by atoms with Crippen molar-refractivity contribution in [2.75, 3.05) is 43.0 Å². The summed E-state index contributed by atoms with van der Waals surface area (Å²) in [4.78, 5) is 14.9. The maximum absolute atomic E-state index is 12.8. The van der Waals surface area contributed by atoms with E-state index < -0.39 is 9.84 Å². The van der Waals surface area contributed by atoms with Crippen LogP contribution in [0.3, 0.4) is 0 Å². The van der Waals surface area contributed by atoms with Crippen LogP contribution >= 0.6 is 0 Å². The summed E-state index contributed by atoms with van der Waals surface area (Å²) < 4.78 is 23.2. The van der Waals surface area contributed by atoms with E-state index in [1.54, 1.807) is 0 Å². The van der Waals surface area contributed by atoms with Crippen LogP contribution in [0, 0.1) is 0 Å². The second kappa shape index (κ2) is 9.34. The number of hydrogen-bond donors (Lipinski definition) is 2. The first-order valence-electron chi connectivity index (χ1n) is 12.2. The van der Waals surface area contributed by atoms with E-state index in [4.69, 9.17) is 0 Å². The Hall–Kier alpha value is -2.38. The predicted octanol–water partition coefficient (Wildman–Crippen LogP) is 3.59. The molecule has 2 N–H and O–H groups in total. The summed E-state index contributed by atoms with van der Waals surface area (Å²) in [6.07, 6.45) is 0.963. The van der Waals surface area contributed by atoms with Gasteiger partial charge in [0.15, 0.2) is 9.84 Å². The molecule has 1 amide bonds. The fourth-order valence-electron chi connectivity index (χ4n) is 5.14. The average Bonchev–Trinajstić information content (AvgIpc) is 2.80. The molecule has 2 aliphatic heterocycles. The van der Waals surface area contributed by atoms with Crippen LogP contribution in [0.4, 0.5) is 5.69 Å². The van der Waals surface area contributed by atoms with Gasteiger partial charge < -0.3 is 10.6 Å². The highest BCUT2D eigenvalue weighted by Gasteiger charge is 2.41. The van der Waals surface area contributed by atoms with E-state index in [1.807, 2.05) is 18.2 Å². The zero-order valence-corrected chi connectivity index (χ0v) is 21.5. The lowest BCUT2D eigenvalue weighted by atomic mass is 9.66. The predicted molar refractivity (Wildman–Crippen MR) is 138 cm³/mol. The highest BCUT2D eigenvalue weighted by atomic mass is 32.2. The van der Waals surface area contributed by atoms with Gasteiger partial charge >= 0.3 is 0 Å². The lowest BCUT2D eigenvalue weighted by molar-refractivity contribution is 0.0948. The summed E-state index contributed by atoms with van der Waals surface area (Å²) >= 11 is 0. The Morgan fingerprint density at radius 3 is 2.47 bits per heavy atom. The summed E-state index contributed by atoms with van der Waals surface area (Å²) in [5.74, 6) is 0.321. The molecule has 1 atom stereocenters. The molecule has 7 heteroatoms. The number of nitrogens with zero attached hydrogens (tertiary/aromatic N) is 1. The van der Waals surface area contributed by atoms with Crippen molar-refractivity contribution >= 4 is 21.4 Å². The molecule has 0 spiro atoms. The van der Waals surface area contributed by atoms with Crippen molar-refractivity contribution in [3.05, 3.63) is 65.2 Å². The van der Waals surface area contributed by atoms with E-state index in [0.717, 1.165) is 12.1 Å². The average molecular weight is 484 g/mol. The minimum atomic E-state index is -2.88. The Kier molecular flexibility index (Phi) is 6.80. The molecule has 1 saturated heterocycles. The standard InChI is InChI=1S/C27H37N3O3S/c1-26(2)19-24(27(3,4)21-8-6-5-7-9-21)29-23-11-10-20(18-22(23)26)25(31)28-12-13-30-14-16-34(32,33)17-15-30/h5-11,18,24,29H,12-17,19H2,1-4H3,(H,28,31). The summed E-state index contributed by atoms with van der Waals surface area (Å²) in [5.41, 5.74) is 4.12. The van der Waals surface area contributed by atoms with Crippen LogP contribution in [-0.4, -0.2) is 63.0 Å². The second-order valence-corrected chi connectivity index (χ2v) is 13.2. The van der Waals surface area contributed by atoms with Crippen LogP contribution < -0.4 is 10.6 Å². The van der Waals surface area contributed by atoms with Gasteiger partial charge in [0, 0.05) is 48.9 Å². The molecule has 1 unspecified atom stereocenters. The van der Waals surface area contributed by atoms with Gasteiger partial charge in [0.05, 0.1) is 11.5 Å². The second-order valence-electron chi connectivity index (χ2n) is 10.9. The van der Waals surface area contributed by atoms with E-state index in [9.17, 15) is 13.2 Å². The number of hydrogen-bond acceptors (Lipinski definition) is 5.